The predicted octanol–water partition coefficient (Wildman–Crippen LogP) is 0.898. The van der Waals surface area contributed by atoms with E-state index in [1.165, 1.54) is 37.4 Å². The van der Waals surface area contributed by atoms with E-state index in [4.69, 9.17) is 0 Å². The first kappa shape index (κ1) is 32.6. The van der Waals surface area contributed by atoms with Gasteiger partial charge in [0.2, 0.25) is 0 Å². The average molecular weight is 706 g/mol. The molecule has 0 radical (unpaired) electrons. The standard InChI is InChI=1S/C14H13IN2O5.C14H14N2O5/c1-17-9-4-3-7(15)5-8(9)12(19)11(14(17)21)13(20)16-6-10(18)22-2;1-16-9-6-4-3-5-8(9)12(18)11(14(16)20)13(19)15-7-10(17)21-2/h3-5,19H,6H2,1-2H3,(H,16,20);3-6,18H,7H2,1-2H3,(H,15,19). The number of aromatic nitrogens is 2. The van der Waals surface area contributed by atoms with Crippen LogP contribution in [0.3, 0.4) is 0 Å². The van der Waals surface area contributed by atoms with Gasteiger partial charge < -0.3 is 39.5 Å². The number of benzene rings is 2. The van der Waals surface area contributed by atoms with E-state index in [1.807, 2.05) is 0 Å². The van der Waals surface area contributed by atoms with E-state index >= 15 is 0 Å². The van der Waals surface area contributed by atoms with Crippen molar-refractivity contribution < 1.29 is 38.9 Å². The molecule has 4 rings (SSSR count). The number of carbonyl (C=O) groups is 4. The molecule has 0 unspecified atom stereocenters. The second-order valence-electron chi connectivity index (χ2n) is 8.87. The maximum Gasteiger partial charge on any atom is 0.325 e. The van der Waals surface area contributed by atoms with Crippen LogP contribution in [-0.4, -0.2) is 70.4 Å². The second kappa shape index (κ2) is 13.8. The Balaban J connectivity index is 0.000000236. The maximum atomic E-state index is 12.3. The topological polar surface area (TPSA) is 195 Å². The van der Waals surface area contributed by atoms with Gasteiger partial charge in [0.15, 0.2) is 0 Å². The Kier molecular flexibility index (Phi) is 10.5. The van der Waals surface area contributed by atoms with Crippen LogP contribution in [-0.2, 0) is 33.2 Å². The van der Waals surface area contributed by atoms with Gasteiger partial charge in [-0.05, 0) is 52.9 Å². The Morgan fingerprint density at radius 1 is 0.744 bits per heavy atom. The van der Waals surface area contributed by atoms with Crippen molar-refractivity contribution >= 4 is 68.1 Å². The lowest BCUT2D eigenvalue weighted by atomic mass is 10.1. The number of pyridine rings is 2. The number of aryl methyl sites for hydroxylation is 2. The lowest BCUT2D eigenvalue weighted by Crippen LogP contribution is -2.35. The van der Waals surface area contributed by atoms with Crippen molar-refractivity contribution in [2.24, 2.45) is 14.1 Å². The van der Waals surface area contributed by atoms with Gasteiger partial charge in [-0.3, -0.25) is 28.8 Å². The van der Waals surface area contributed by atoms with Crippen LogP contribution < -0.4 is 21.8 Å². The number of carbonyl (C=O) groups excluding carboxylic acids is 4. The minimum atomic E-state index is -0.829. The summed E-state index contributed by atoms with van der Waals surface area (Å²) in [5.74, 6) is -3.77. The first-order valence-electron chi connectivity index (χ1n) is 12.4. The molecule has 2 aromatic heterocycles. The van der Waals surface area contributed by atoms with Crippen LogP contribution in [0.15, 0.2) is 52.1 Å². The Bertz CT molecular complexity index is 1880. The fourth-order valence-electron chi connectivity index (χ4n) is 4.02. The average Bonchev–Trinajstić information content (AvgIpc) is 3.00. The zero-order valence-corrected chi connectivity index (χ0v) is 25.5. The number of halogens is 1. The van der Waals surface area contributed by atoms with Crippen molar-refractivity contribution in [3.63, 3.8) is 0 Å². The lowest BCUT2D eigenvalue weighted by molar-refractivity contribution is -0.140. The molecule has 226 valence electrons. The van der Waals surface area contributed by atoms with E-state index < -0.39 is 57.5 Å². The van der Waals surface area contributed by atoms with Crippen LogP contribution in [0.1, 0.15) is 20.7 Å². The summed E-state index contributed by atoms with van der Waals surface area (Å²) in [5.41, 5.74) is -1.08. The molecule has 4 N–H and O–H groups in total. The fourth-order valence-corrected chi connectivity index (χ4v) is 4.51. The molecule has 2 aromatic carbocycles. The van der Waals surface area contributed by atoms with Crippen LogP contribution >= 0.6 is 22.6 Å². The molecule has 2 heterocycles. The zero-order chi connectivity index (χ0) is 32.0. The molecule has 0 saturated heterocycles. The normalized spacial score (nSPS) is 10.4. The quantitative estimate of drug-likeness (QED) is 0.165. The highest BCUT2D eigenvalue weighted by atomic mass is 127. The highest BCUT2D eigenvalue weighted by Crippen LogP contribution is 2.28. The van der Waals surface area contributed by atoms with Gasteiger partial charge in [0, 0.05) is 28.4 Å². The van der Waals surface area contributed by atoms with Crippen LogP contribution in [0.2, 0.25) is 0 Å². The molecular formula is C28H27IN4O10. The largest absolute Gasteiger partial charge is 0.506 e. The molecule has 14 nitrogen and oxygen atoms in total. The van der Waals surface area contributed by atoms with E-state index in [2.05, 4.69) is 42.7 Å². The van der Waals surface area contributed by atoms with Crippen LogP contribution in [0.4, 0.5) is 0 Å². The molecule has 0 spiro atoms. The van der Waals surface area contributed by atoms with Gasteiger partial charge in [0.1, 0.15) is 35.7 Å². The zero-order valence-electron chi connectivity index (χ0n) is 23.4. The number of esters is 2. The van der Waals surface area contributed by atoms with Crippen molar-refractivity contribution in [2.75, 3.05) is 27.3 Å². The molecule has 15 heteroatoms. The molecule has 2 amide bonds. The van der Waals surface area contributed by atoms with Crippen molar-refractivity contribution in [1.29, 1.82) is 0 Å². The molecule has 0 aliphatic carbocycles. The van der Waals surface area contributed by atoms with Gasteiger partial charge in [-0.25, -0.2) is 0 Å². The molecule has 0 atom stereocenters. The minimum absolute atomic E-state index is 0.378. The summed E-state index contributed by atoms with van der Waals surface area (Å²) in [5, 5.41) is 25.7. The number of aromatic hydroxyl groups is 2. The third-order valence-electron chi connectivity index (χ3n) is 6.30. The summed E-state index contributed by atoms with van der Waals surface area (Å²) < 4.78 is 12.2. The van der Waals surface area contributed by atoms with Crippen molar-refractivity contribution in [1.82, 2.24) is 19.8 Å². The SMILES string of the molecule is COC(=O)CNC(=O)c1c(O)c2cc(I)ccc2n(C)c1=O.COC(=O)CNC(=O)c1c(O)c2ccccc2n(C)c1=O. The Morgan fingerprint density at radius 3 is 1.67 bits per heavy atom. The number of methoxy groups -OCH3 is 2. The number of rotatable bonds is 6. The van der Waals surface area contributed by atoms with E-state index in [0.717, 1.165) is 3.57 Å². The predicted molar refractivity (Wildman–Crippen MR) is 163 cm³/mol. The maximum absolute atomic E-state index is 12.3. The fraction of sp³-hybridized carbons (Fsp3) is 0.214. The Labute approximate surface area is 257 Å². The number of nitrogens with zero attached hydrogens (tertiary/aromatic N) is 2. The van der Waals surface area contributed by atoms with Gasteiger partial charge in [-0.1, -0.05) is 12.1 Å². The first-order valence-corrected chi connectivity index (χ1v) is 13.4. The van der Waals surface area contributed by atoms with E-state index in [1.54, 1.807) is 42.5 Å². The van der Waals surface area contributed by atoms with E-state index in [-0.39, 0.29) is 13.1 Å². The molecule has 43 heavy (non-hydrogen) atoms. The highest BCUT2D eigenvalue weighted by molar-refractivity contribution is 14.1. The number of ether oxygens (including phenoxy) is 2. The Morgan fingerprint density at radius 2 is 1.19 bits per heavy atom. The van der Waals surface area contributed by atoms with Crippen LogP contribution in [0, 0.1) is 3.57 Å². The van der Waals surface area contributed by atoms with Gasteiger partial charge in [0.05, 0.1) is 25.3 Å². The summed E-state index contributed by atoms with van der Waals surface area (Å²) >= 11 is 2.06. The van der Waals surface area contributed by atoms with Crippen molar-refractivity contribution in [3.05, 3.63) is 77.9 Å². The molecule has 0 aliphatic rings. The first-order chi connectivity index (χ1) is 20.3. The van der Waals surface area contributed by atoms with Crippen molar-refractivity contribution in [2.45, 2.75) is 0 Å². The van der Waals surface area contributed by atoms with Crippen LogP contribution in [0.5, 0.6) is 11.5 Å². The van der Waals surface area contributed by atoms with Gasteiger partial charge >= 0.3 is 11.9 Å². The summed E-state index contributed by atoms with van der Waals surface area (Å²) in [7, 11) is 5.37. The molecule has 0 fully saturated rings. The monoisotopic (exact) mass is 706 g/mol. The van der Waals surface area contributed by atoms with E-state index in [9.17, 15) is 39.0 Å². The van der Waals surface area contributed by atoms with Crippen LogP contribution in [0.25, 0.3) is 21.8 Å². The molecule has 0 aliphatic heterocycles. The van der Waals surface area contributed by atoms with Gasteiger partial charge in [-0.15, -0.1) is 0 Å². The smallest absolute Gasteiger partial charge is 0.325 e. The number of hydrogen-bond acceptors (Lipinski definition) is 10. The van der Waals surface area contributed by atoms with Gasteiger partial charge in [0.25, 0.3) is 22.9 Å². The number of hydrogen-bond donors (Lipinski definition) is 4. The summed E-state index contributed by atoms with van der Waals surface area (Å²) in [4.78, 5) is 70.6. The van der Waals surface area contributed by atoms with Crippen molar-refractivity contribution in [3.8, 4) is 11.5 Å². The molecule has 0 saturated carbocycles. The highest BCUT2D eigenvalue weighted by Gasteiger charge is 2.23. The summed E-state index contributed by atoms with van der Waals surface area (Å²) in [6.07, 6.45) is 0. The molecule has 0 bridgehead atoms. The number of fused-ring (bicyclic) bond motifs is 2. The Hall–Kier alpha value is -4.93. The third kappa shape index (κ3) is 6.94. The number of nitrogens with one attached hydrogen (secondary N) is 2. The molecule has 4 aromatic rings. The number of amides is 2. The minimum Gasteiger partial charge on any atom is -0.506 e. The number of para-hydroxylation sites is 1. The van der Waals surface area contributed by atoms with E-state index in [0.29, 0.717) is 21.8 Å². The summed E-state index contributed by atoms with van der Waals surface area (Å²) in [6, 6.07) is 11.8. The summed E-state index contributed by atoms with van der Waals surface area (Å²) in [6.45, 7) is -0.771. The third-order valence-corrected chi connectivity index (χ3v) is 6.97. The van der Waals surface area contributed by atoms with Gasteiger partial charge in [-0.2, -0.15) is 0 Å². The molecular weight excluding hydrogens is 679 g/mol. The second-order valence-corrected chi connectivity index (χ2v) is 10.1. The lowest BCUT2D eigenvalue weighted by Gasteiger charge is -2.12.